The van der Waals surface area contributed by atoms with E-state index in [0.717, 1.165) is 0 Å². The summed E-state index contributed by atoms with van der Waals surface area (Å²) < 4.78 is 0. The highest BCUT2D eigenvalue weighted by Gasteiger charge is 1.84. The van der Waals surface area contributed by atoms with Crippen LogP contribution < -0.4 is 0 Å². The predicted molar refractivity (Wildman–Crippen MR) is 70.0 cm³/mol. The fourth-order valence-electron chi connectivity index (χ4n) is 1.28. The molecule has 0 radical (unpaired) electrons. The van der Waals surface area contributed by atoms with Crippen molar-refractivity contribution in [1.82, 2.24) is 0 Å². The highest BCUT2D eigenvalue weighted by molar-refractivity contribution is 4.99. The van der Waals surface area contributed by atoms with Crippen molar-refractivity contribution in [3.8, 4) is 0 Å². The van der Waals surface area contributed by atoms with Crippen molar-refractivity contribution < 1.29 is 0 Å². The summed E-state index contributed by atoms with van der Waals surface area (Å²) >= 11 is 0. The molecule has 0 aliphatic heterocycles. The summed E-state index contributed by atoms with van der Waals surface area (Å²) in [5, 5.41) is 0. The third-order valence-corrected chi connectivity index (χ3v) is 2.18. The number of hydrogen-bond donors (Lipinski definition) is 0. The number of unbranched alkanes of at least 4 members (excludes halogenated alkanes) is 5. The van der Waals surface area contributed by atoms with Gasteiger partial charge in [-0.2, -0.15) is 0 Å². The molecule has 0 atom stereocenters. The van der Waals surface area contributed by atoms with E-state index in [0.29, 0.717) is 0 Å². The van der Waals surface area contributed by atoms with Gasteiger partial charge in [0.15, 0.2) is 0 Å². The standard InChI is InChI=1S/C9H18.C6H6/c1-3-5-7-9-8-6-4-2;1-2-4-6-5-3-1/h3H,1,4-9H2,2H3;1-6H. The molecule has 0 aliphatic carbocycles. The molecular formula is C15H24. The van der Waals surface area contributed by atoms with E-state index < -0.39 is 0 Å². The molecule has 0 aliphatic rings. The molecule has 0 aromatic heterocycles. The third kappa shape index (κ3) is 13.0. The van der Waals surface area contributed by atoms with E-state index in [2.05, 4.69) is 13.5 Å². The Bertz CT molecular complexity index is 174. The maximum absolute atomic E-state index is 3.68. The molecule has 0 heteroatoms. The van der Waals surface area contributed by atoms with Gasteiger partial charge >= 0.3 is 0 Å². The van der Waals surface area contributed by atoms with Crippen LogP contribution in [0.5, 0.6) is 0 Å². The molecule has 0 amide bonds. The van der Waals surface area contributed by atoms with E-state index in [1.165, 1.54) is 38.5 Å². The first-order valence-corrected chi connectivity index (χ1v) is 6.02. The Balaban J connectivity index is 0.000000280. The predicted octanol–water partition coefficient (Wildman–Crippen LogP) is 5.22. The van der Waals surface area contributed by atoms with Crippen LogP contribution in [0.25, 0.3) is 0 Å². The molecule has 0 unspecified atom stereocenters. The normalized spacial score (nSPS) is 8.87. The topological polar surface area (TPSA) is 0 Å². The molecule has 0 heterocycles. The minimum absolute atomic E-state index is 1.20. The van der Waals surface area contributed by atoms with Gasteiger partial charge < -0.3 is 0 Å². The van der Waals surface area contributed by atoms with Crippen molar-refractivity contribution in [3.05, 3.63) is 49.1 Å². The smallest absolute Gasteiger partial charge is 0.0353 e. The average Bonchev–Trinajstić information content (AvgIpc) is 2.32. The molecule has 0 bridgehead atoms. The molecule has 84 valence electrons. The van der Waals surface area contributed by atoms with E-state index in [1.54, 1.807) is 0 Å². The summed E-state index contributed by atoms with van der Waals surface area (Å²) in [6.07, 6.45) is 10.1. The van der Waals surface area contributed by atoms with Crippen molar-refractivity contribution in [2.75, 3.05) is 0 Å². The fourth-order valence-corrected chi connectivity index (χ4v) is 1.28. The quantitative estimate of drug-likeness (QED) is 0.440. The molecule has 0 saturated carbocycles. The summed E-state index contributed by atoms with van der Waals surface area (Å²) in [7, 11) is 0. The summed E-state index contributed by atoms with van der Waals surface area (Å²) in [6.45, 7) is 5.92. The van der Waals surface area contributed by atoms with Crippen LogP contribution in [0.4, 0.5) is 0 Å². The first kappa shape index (κ1) is 14.0. The molecule has 0 fully saturated rings. The van der Waals surface area contributed by atoms with Crippen LogP contribution in [0.2, 0.25) is 0 Å². The number of hydrogen-bond acceptors (Lipinski definition) is 0. The van der Waals surface area contributed by atoms with Crippen LogP contribution in [0.1, 0.15) is 45.4 Å². The minimum Gasteiger partial charge on any atom is -0.103 e. The van der Waals surface area contributed by atoms with Gasteiger partial charge in [0.2, 0.25) is 0 Å². The van der Waals surface area contributed by atoms with Crippen molar-refractivity contribution in [2.45, 2.75) is 45.4 Å². The molecule has 0 nitrogen and oxygen atoms in total. The van der Waals surface area contributed by atoms with Crippen molar-refractivity contribution >= 4 is 0 Å². The van der Waals surface area contributed by atoms with E-state index in [1.807, 2.05) is 42.5 Å². The van der Waals surface area contributed by atoms with E-state index in [9.17, 15) is 0 Å². The molecule has 1 rings (SSSR count). The van der Waals surface area contributed by atoms with Crippen LogP contribution >= 0.6 is 0 Å². The van der Waals surface area contributed by atoms with Gasteiger partial charge in [0.1, 0.15) is 0 Å². The Kier molecular flexibility index (Phi) is 12.1. The second-order valence-electron chi connectivity index (χ2n) is 3.65. The first-order chi connectivity index (χ1) is 7.41. The van der Waals surface area contributed by atoms with Crippen molar-refractivity contribution in [3.63, 3.8) is 0 Å². The molecular weight excluding hydrogens is 180 g/mol. The monoisotopic (exact) mass is 204 g/mol. The fraction of sp³-hybridized carbons (Fsp3) is 0.467. The molecule has 1 aromatic rings. The Morgan fingerprint density at radius 3 is 1.67 bits per heavy atom. The van der Waals surface area contributed by atoms with E-state index >= 15 is 0 Å². The largest absolute Gasteiger partial charge is 0.103 e. The average molecular weight is 204 g/mol. The van der Waals surface area contributed by atoms with Gasteiger partial charge in [-0.25, -0.2) is 0 Å². The first-order valence-electron chi connectivity index (χ1n) is 6.02. The van der Waals surface area contributed by atoms with E-state index in [-0.39, 0.29) is 0 Å². The Labute approximate surface area is 95.0 Å². The zero-order chi connectivity index (χ0) is 11.2. The maximum atomic E-state index is 3.68. The van der Waals surface area contributed by atoms with Crippen LogP contribution in [0.15, 0.2) is 49.1 Å². The second kappa shape index (κ2) is 13.0. The van der Waals surface area contributed by atoms with Gasteiger partial charge in [0, 0.05) is 0 Å². The highest BCUT2D eigenvalue weighted by atomic mass is 13.9. The van der Waals surface area contributed by atoms with Gasteiger partial charge in [-0.15, -0.1) is 6.58 Å². The van der Waals surface area contributed by atoms with Crippen LogP contribution in [-0.4, -0.2) is 0 Å². The highest BCUT2D eigenvalue weighted by Crippen LogP contribution is 2.04. The van der Waals surface area contributed by atoms with Crippen LogP contribution in [-0.2, 0) is 0 Å². The number of allylic oxidation sites excluding steroid dienone is 1. The number of benzene rings is 1. The van der Waals surface area contributed by atoms with E-state index in [4.69, 9.17) is 0 Å². The Hall–Kier alpha value is -1.04. The zero-order valence-electron chi connectivity index (χ0n) is 9.99. The number of rotatable bonds is 6. The lowest BCUT2D eigenvalue weighted by atomic mass is 10.1. The Morgan fingerprint density at radius 2 is 1.27 bits per heavy atom. The summed E-state index contributed by atoms with van der Waals surface area (Å²) in [5.41, 5.74) is 0. The third-order valence-electron chi connectivity index (χ3n) is 2.18. The van der Waals surface area contributed by atoms with Crippen molar-refractivity contribution in [1.29, 1.82) is 0 Å². The van der Waals surface area contributed by atoms with Gasteiger partial charge in [0.25, 0.3) is 0 Å². The lowest BCUT2D eigenvalue weighted by molar-refractivity contribution is 0.638. The molecule has 0 spiro atoms. The van der Waals surface area contributed by atoms with Gasteiger partial charge in [0.05, 0.1) is 0 Å². The summed E-state index contributed by atoms with van der Waals surface area (Å²) in [6, 6.07) is 12.0. The van der Waals surface area contributed by atoms with Gasteiger partial charge in [-0.1, -0.05) is 75.1 Å². The van der Waals surface area contributed by atoms with Gasteiger partial charge in [-0.3, -0.25) is 0 Å². The molecule has 15 heavy (non-hydrogen) atoms. The lowest BCUT2D eigenvalue weighted by Gasteiger charge is -1.94. The second-order valence-corrected chi connectivity index (χ2v) is 3.65. The van der Waals surface area contributed by atoms with Crippen LogP contribution in [0, 0.1) is 0 Å². The molecule has 0 saturated heterocycles. The summed E-state index contributed by atoms with van der Waals surface area (Å²) in [4.78, 5) is 0. The SMILES string of the molecule is C=CCCCCCCC.c1ccccc1. The zero-order valence-corrected chi connectivity index (χ0v) is 9.99. The molecule has 0 N–H and O–H groups in total. The minimum atomic E-state index is 1.20. The molecule has 1 aromatic carbocycles. The maximum Gasteiger partial charge on any atom is -0.0353 e. The summed E-state index contributed by atoms with van der Waals surface area (Å²) in [5.74, 6) is 0. The van der Waals surface area contributed by atoms with Crippen molar-refractivity contribution in [2.24, 2.45) is 0 Å². The lowest BCUT2D eigenvalue weighted by Crippen LogP contribution is -1.74. The van der Waals surface area contributed by atoms with Gasteiger partial charge in [-0.05, 0) is 12.8 Å². The van der Waals surface area contributed by atoms with Crippen LogP contribution in [0.3, 0.4) is 0 Å². The Morgan fingerprint density at radius 1 is 0.800 bits per heavy atom.